The summed E-state index contributed by atoms with van der Waals surface area (Å²) in [5, 5.41) is 0. The number of nitrogens with zero attached hydrogens (tertiary/aromatic N) is 1. The zero-order valence-corrected chi connectivity index (χ0v) is 12.4. The van der Waals surface area contributed by atoms with Crippen molar-refractivity contribution in [2.45, 2.75) is 26.4 Å². The van der Waals surface area contributed by atoms with Gasteiger partial charge in [0.25, 0.3) is 0 Å². The average molecular weight is 407 g/mol. The largest absolute Gasteiger partial charge is 0.573 e. The molecule has 0 N–H and O–H groups in total. The molecule has 0 saturated carbocycles. The normalized spacial score (nSPS) is 11.3. The van der Waals surface area contributed by atoms with Crippen molar-refractivity contribution in [3.63, 3.8) is 0 Å². The summed E-state index contributed by atoms with van der Waals surface area (Å²) < 4.78 is 58.0. The van der Waals surface area contributed by atoms with Crippen molar-refractivity contribution in [3.05, 3.63) is 21.0 Å². The molecule has 0 radical (unpaired) electrons. The lowest BCUT2D eigenvalue weighted by atomic mass is 10.2. The van der Waals surface area contributed by atoms with Gasteiger partial charge in [0.1, 0.15) is 6.67 Å². The number of carbonyl (C=O) groups is 1. The first-order valence-corrected chi connectivity index (χ1v) is 6.50. The summed E-state index contributed by atoms with van der Waals surface area (Å²) in [6, 6.07) is 0. The van der Waals surface area contributed by atoms with E-state index in [2.05, 4.69) is 14.5 Å². The van der Waals surface area contributed by atoms with E-state index in [4.69, 9.17) is 0 Å². The van der Waals surface area contributed by atoms with Crippen molar-refractivity contribution < 1.29 is 31.8 Å². The third-order valence-electron chi connectivity index (χ3n) is 2.10. The van der Waals surface area contributed by atoms with Gasteiger partial charge in [-0.15, -0.1) is 13.2 Å². The van der Waals surface area contributed by atoms with Gasteiger partial charge in [-0.2, -0.15) is 0 Å². The molecule has 1 aromatic heterocycles. The van der Waals surface area contributed by atoms with Crippen molar-refractivity contribution in [1.29, 1.82) is 0 Å². The summed E-state index contributed by atoms with van der Waals surface area (Å²) in [7, 11) is 0. The summed E-state index contributed by atoms with van der Waals surface area (Å²) in [5.74, 6) is -1.31. The van der Waals surface area contributed by atoms with E-state index in [9.17, 15) is 22.4 Å². The Kier molecular flexibility index (Phi) is 5.96. The molecule has 112 valence electrons. The van der Waals surface area contributed by atoms with Gasteiger partial charge in [-0.3, -0.25) is 9.78 Å². The molecule has 0 aliphatic rings. The third-order valence-corrected chi connectivity index (χ3v) is 3.21. The predicted molar refractivity (Wildman–Crippen MR) is 68.8 cm³/mol. The highest BCUT2D eigenvalue weighted by Gasteiger charge is 2.34. The standard InChI is InChI=1S/C11H10F4INO3/c1-2-19-8(18)3-7-9(16)10(20-11(13,14)15)6(4-12)5-17-7/h5H,2-4H2,1H3. The Hall–Kier alpha value is -1.13. The predicted octanol–water partition coefficient (Wildman–Crippen LogP) is 3.16. The number of hydrogen-bond donors (Lipinski definition) is 0. The minimum absolute atomic E-state index is 0.0421. The molecular formula is C11H10F4INO3. The molecule has 0 bridgehead atoms. The quantitative estimate of drug-likeness (QED) is 0.428. The van der Waals surface area contributed by atoms with Crippen LogP contribution in [0, 0.1) is 3.57 Å². The van der Waals surface area contributed by atoms with Crippen LogP contribution < -0.4 is 4.74 Å². The molecule has 0 unspecified atom stereocenters. The van der Waals surface area contributed by atoms with Gasteiger partial charge in [0.05, 0.1) is 22.3 Å². The van der Waals surface area contributed by atoms with Crippen LogP contribution >= 0.6 is 22.6 Å². The molecule has 0 saturated heterocycles. The molecule has 0 atom stereocenters. The second-order valence-corrected chi connectivity index (χ2v) is 4.62. The molecular weight excluding hydrogens is 397 g/mol. The molecule has 0 spiro atoms. The van der Waals surface area contributed by atoms with Gasteiger partial charge in [0, 0.05) is 11.8 Å². The van der Waals surface area contributed by atoms with Crippen molar-refractivity contribution in [2.75, 3.05) is 6.61 Å². The lowest BCUT2D eigenvalue weighted by molar-refractivity contribution is -0.275. The SMILES string of the molecule is CCOC(=O)Cc1ncc(CF)c(OC(F)(F)F)c1I. The van der Waals surface area contributed by atoms with E-state index in [1.807, 2.05) is 0 Å². The first kappa shape index (κ1) is 16.9. The molecule has 0 amide bonds. The molecule has 0 aromatic carbocycles. The summed E-state index contributed by atoms with van der Waals surface area (Å²) in [6.07, 6.45) is -4.35. The Morgan fingerprint density at radius 1 is 1.45 bits per heavy atom. The average Bonchev–Trinajstić information content (AvgIpc) is 2.33. The van der Waals surface area contributed by atoms with Crippen molar-refractivity contribution in [2.24, 2.45) is 0 Å². The molecule has 4 nitrogen and oxygen atoms in total. The molecule has 1 rings (SSSR count). The number of halogens is 5. The van der Waals surface area contributed by atoms with Crippen molar-refractivity contribution in [3.8, 4) is 5.75 Å². The van der Waals surface area contributed by atoms with E-state index in [1.165, 1.54) is 22.6 Å². The van der Waals surface area contributed by atoms with Crippen molar-refractivity contribution >= 4 is 28.6 Å². The van der Waals surface area contributed by atoms with Crippen LogP contribution in [0.3, 0.4) is 0 Å². The molecule has 20 heavy (non-hydrogen) atoms. The number of carbonyl (C=O) groups excluding carboxylic acids is 1. The summed E-state index contributed by atoms with van der Waals surface area (Å²) in [4.78, 5) is 15.1. The number of ether oxygens (including phenoxy) is 2. The molecule has 0 fully saturated rings. The lowest BCUT2D eigenvalue weighted by Crippen LogP contribution is -2.20. The van der Waals surface area contributed by atoms with E-state index < -0.39 is 24.8 Å². The van der Waals surface area contributed by atoms with Crippen LogP contribution in [0.1, 0.15) is 18.2 Å². The van der Waals surface area contributed by atoms with E-state index in [-0.39, 0.29) is 27.9 Å². The topological polar surface area (TPSA) is 48.4 Å². The van der Waals surface area contributed by atoms with Crippen molar-refractivity contribution in [1.82, 2.24) is 4.98 Å². The van der Waals surface area contributed by atoms with Crippen LogP contribution in [-0.2, 0) is 22.6 Å². The Morgan fingerprint density at radius 3 is 2.60 bits per heavy atom. The van der Waals surface area contributed by atoms with Gasteiger partial charge >= 0.3 is 12.3 Å². The molecule has 1 aromatic rings. The van der Waals surface area contributed by atoms with Gasteiger partial charge in [-0.25, -0.2) is 4.39 Å². The number of esters is 1. The summed E-state index contributed by atoms with van der Waals surface area (Å²) >= 11 is 1.53. The number of alkyl halides is 4. The van der Waals surface area contributed by atoms with Gasteiger partial charge in [0.2, 0.25) is 0 Å². The monoisotopic (exact) mass is 407 g/mol. The minimum Gasteiger partial charge on any atom is -0.466 e. The van der Waals surface area contributed by atoms with Crippen LogP contribution in [0.2, 0.25) is 0 Å². The second-order valence-electron chi connectivity index (χ2n) is 3.54. The maximum Gasteiger partial charge on any atom is 0.573 e. The summed E-state index contributed by atoms with van der Waals surface area (Å²) in [6.45, 7) is 0.582. The first-order chi connectivity index (χ1) is 9.28. The highest BCUT2D eigenvalue weighted by atomic mass is 127. The second kappa shape index (κ2) is 7.04. The van der Waals surface area contributed by atoms with Gasteiger partial charge in [-0.05, 0) is 29.5 Å². The maximum atomic E-state index is 12.7. The Labute approximate surface area is 125 Å². The maximum absolute atomic E-state index is 12.7. The van der Waals surface area contributed by atoms with Gasteiger partial charge in [-0.1, -0.05) is 0 Å². The Balaban J connectivity index is 3.11. The van der Waals surface area contributed by atoms with Crippen LogP contribution in [0.15, 0.2) is 6.20 Å². The van der Waals surface area contributed by atoms with E-state index in [0.717, 1.165) is 6.20 Å². The lowest BCUT2D eigenvalue weighted by Gasteiger charge is -2.15. The molecule has 0 aliphatic carbocycles. The Bertz CT molecular complexity index is 493. The fourth-order valence-electron chi connectivity index (χ4n) is 1.34. The zero-order chi connectivity index (χ0) is 15.3. The third kappa shape index (κ3) is 4.76. The highest BCUT2D eigenvalue weighted by Crippen LogP contribution is 2.33. The van der Waals surface area contributed by atoms with Crippen LogP contribution in [-0.4, -0.2) is 23.9 Å². The van der Waals surface area contributed by atoms with Gasteiger partial charge < -0.3 is 9.47 Å². The minimum atomic E-state index is -4.95. The molecule has 9 heteroatoms. The molecule has 0 aliphatic heterocycles. The number of pyridine rings is 1. The van der Waals surface area contributed by atoms with Crippen LogP contribution in [0.5, 0.6) is 5.75 Å². The zero-order valence-electron chi connectivity index (χ0n) is 10.3. The number of hydrogen-bond acceptors (Lipinski definition) is 4. The fraction of sp³-hybridized carbons (Fsp3) is 0.455. The first-order valence-electron chi connectivity index (χ1n) is 5.42. The van der Waals surface area contributed by atoms with Crippen LogP contribution in [0.4, 0.5) is 17.6 Å². The highest BCUT2D eigenvalue weighted by molar-refractivity contribution is 14.1. The number of rotatable bonds is 5. The van der Waals surface area contributed by atoms with E-state index in [0.29, 0.717) is 0 Å². The smallest absolute Gasteiger partial charge is 0.466 e. The number of aromatic nitrogens is 1. The van der Waals surface area contributed by atoms with Gasteiger partial charge in [0.15, 0.2) is 5.75 Å². The Morgan fingerprint density at radius 2 is 2.10 bits per heavy atom. The van der Waals surface area contributed by atoms with Crippen LogP contribution in [0.25, 0.3) is 0 Å². The van der Waals surface area contributed by atoms with E-state index >= 15 is 0 Å². The summed E-state index contributed by atoms with van der Waals surface area (Å²) in [5.41, 5.74) is -0.292. The fourth-order valence-corrected chi connectivity index (χ4v) is 2.12. The molecule has 1 heterocycles. The van der Waals surface area contributed by atoms with E-state index in [1.54, 1.807) is 6.92 Å².